The summed E-state index contributed by atoms with van der Waals surface area (Å²) in [5.41, 5.74) is -1.18. The molecule has 1 aliphatic heterocycles. The van der Waals surface area contributed by atoms with E-state index in [0.717, 1.165) is 12.8 Å². The van der Waals surface area contributed by atoms with Crippen molar-refractivity contribution in [1.29, 1.82) is 0 Å². The Bertz CT molecular complexity index is 687. The Morgan fingerprint density at radius 2 is 2.12 bits per heavy atom. The number of aromatic nitrogens is 3. The van der Waals surface area contributed by atoms with Crippen LogP contribution in [0.1, 0.15) is 45.9 Å². The molecular weight excluding hydrogens is 346 g/mol. The SMILES string of the molecule is Cn1nc(C(=NOC2CCCCO2)C(=O)O)nc1NC(=O)OC(C)(C)C. The monoisotopic (exact) mass is 369 g/mol. The average Bonchev–Trinajstić information content (AvgIpc) is 2.86. The minimum Gasteiger partial charge on any atom is -0.476 e. The molecular formula is C15H23N5O6. The highest BCUT2D eigenvalue weighted by atomic mass is 16.8. The third-order valence-corrected chi connectivity index (χ3v) is 3.19. The number of oxime groups is 1. The van der Waals surface area contributed by atoms with Crippen molar-refractivity contribution >= 4 is 23.7 Å². The molecule has 11 heteroatoms. The van der Waals surface area contributed by atoms with Gasteiger partial charge in [-0.15, -0.1) is 5.10 Å². The van der Waals surface area contributed by atoms with E-state index in [9.17, 15) is 14.7 Å². The summed E-state index contributed by atoms with van der Waals surface area (Å²) in [6, 6.07) is 0. The van der Waals surface area contributed by atoms with Crippen molar-refractivity contribution in [1.82, 2.24) is 14.8 Å². The minimum absolute atomic E-state index is 0.0112. The number of rotatable bonds is 5. The maximum Gasteiger partial charge on any atom is 0.414 e. The second-order valence-corrected chi connectivity index (χ2v) is 6.66. The average molecular weight is 369 g/mol. The summed E-state index contributed by atoms with van der Waals surface area (Å²) in [5.74, 6) is -1.56. The quantitative estimate of drug-likeness (QED) is 0.588. The zero-order valence-corrected chi connectivity index (χ0v) is 15.2. The van der Waals surface area contributed by atoms with Crippen molar-refractivity contribution in [3.05, 3.63) is 5.82 Å². The summed E-state index contributed by atoms with van der Waals surface area (Å²) < 4.78 is 11.7. The van der Waals surface area contributed by atoms with Crippen LogP contribution in [0.2, 0.25) is 0 Å². The molecule has 2 heterocycles. The summed E-state index contributed by atoms with van der Waals surface area (Å²) in [6.45, 7) is 5.69. The molecule has 0 bridgehead atoms. The minimum atomic E-state index is -1.37. The van der Waals surface area contributed by atoms with Gasteiger partial charge >= 0.3 is 12.1 Å². The van der Waals surface area contributed by atoms with E-state index >= 15 is 0 Å². The van der Waals surface area contributed by atoms with Crippen molar-refractivity contribution in [3.63, 3.8) is 0 Å². The maximum absolute atomic E-state index is 11.8. The fraction of sp³-hybridized carbons (Fsp3) is 0.667. The zero-order chi connectivity index (χ0) is 19.3. The molecule has 2 rings (SSSR count). The molecule has 1 atom stereocenters. The Morgan fingerprint density at radius 1 is 1.38 bits per heavy atom. The van der Waals surface area contributed by atoms with Crippen LogP contribution >= 0.6 is 0 Å². The smallest absolute Gasteiger partial charge is 0.414 e. The van der Waals surface area contributed by atoms with Gasteiger partial charge in [0.2, 0.25) is 23.8 Å². The first-order chi connectivity index (χ1) is 12.2. The van der Waals surface area contributed by atoms with Crippen molar-refractivity contribution < 1.29 is 29.0 Å². The molecule has 0 radical (unpaired) electrons. The molecule has 26 heavy (non-hydrogen) atoms. The number of ether oxygens (including phenoxy) is 2. The Labute approximate surface area is 150 Å². The van der Waals surface area contributed by atoms with Crippen molar-refractivity contribution in [2.45, 2.75) is 51.9 Å². The van der Waals surface area contributed by atoms with Gasteiger partial charge in [-0.25, -0.2) is 14.3 Å². The molecule has 0 spiro atoms. The Kier molecular flexibility index (Phi) is 6.14. The Balaban J connectivity index is 2.12. The summed E-state index contributed by atoms with van der Waals surface area (Å²) in [5, 5.41) is 19.3. The number of aryl methyl sites for hydroxylation is 1. The number of carbonyl (C=O) groups is 2. The number of nitrogens with one attached hydrogen (secondary N) is 1. The molecule has 11 nitrogen and oxygen atoms in total. The first-order valence-corrected chi connectivity index (χ1v) is 8.16. The highest BCUT2D eigenvalue weighted by molar-refractivity contribution is 6.41. The van der Waals surface area contributed by atoms with E-state index in [1.165, 1.54) is 11.7 Å². The lowest BCUT2D eigenvalue weighted by Crippen LogP contribution is -2.28. The molecule has 1 amide bonds. The topological polar surface area (TPSA) is 137 Å². The van der Waals surface area contributed by atoms with Crippen LogP contribution in [0.25, 0.3) is 0 Å². The molecule has 0 saturated carbocycles. The maximum atomic E-state index is 11.8. The summed E-state index contributed by atoms with van der Waals surface area (Å²) in [6.07, 6.45) is 1.13. The van der Waals surface area contributed by atoms with Gasteiger partial charge in [-0.05, 0) is 33.6 Å². The van der Waals surface area contributed by atoms with E-state index in [0.29, 0.717) is 13.0 Å². The van der Waals surface area contributed by atoms with Crippen LogP contribution in [-0.2, 0) is 26.2 Å². The first-order valence-electron chi connectivity index (χ1n) is 8.16. The standard InChI is InChI=1S/C15H23N5O6/c1-15(2,3)25-14(23)17-13-16-11(18-20(13)4)10(12(21)22)19-26-9-7-5-6-8-24-9/h9H,5-8H2,1-4H3,(H,21,22)(H,16,17,18,23). The summed E-state index contributed by atoms with van der Waals surface area (Å²) in [7, 11) is 1.49. The molecule has 1 fully saturated rings. The lowest BCUT2D eigenvalue weighted by molar-refractivity contribution is -0.162. The Hall–Kier alpha value is -2.69. The number of carboxylic acids is 1. The van der Waals surface area contributed by atoms with Gasteiger partial charge in [0.25, 0.3) is 0 Å². The zero-order valence-electron chi connectivity index (χ0n) is 15.2. The molecule has 2 N–H and O–H groups in total. The van der Waals surface area contributed by atoms with Crippen LogP contribution in [0.15, 0.2) is 5.16 Å². The lowest BCUT2D eigenvalue weighted by Gasteiger charge is -2.20. The van der Waals surface area contributed by atoms with E-state index in [2.05, 4.69) is 20.6 Å². The van der Waals surface area contributed by atoms with Gasteiger partial charge in [0.15, 0.2) is 0 Å². The van der Waals surface area contributed by atoms with E-state index in [-0.39, 0.29) is 11.8 Å². The van der Waals surface area contributed by atoms with Gasteiger partial charge in [0.05, 0.1) is 6.61 Å². The predicted octanol–water partition coefficient (Wildman–Crippen LogP) is 1.49. The van der Waals surface area contributed by atoms with Gasteiger partial charge in [-0.1, -0.05) is 5.16 Å². The lowest BCUT2D eigenvalue weighted by atomic mass is 10.2. The summed E-state index contributed by atoms with van der Waals surface area (Å²) >= 11 is 0. The molecule has 1 saturated heterocycles. The van der Waals surface area contributed by atoms with Crippen LogP contribution in [0.4, 0.5) is 10.7 Å². The van der Waals surface area contributed by atoms with E-state index in [1.807, 2.05) is 0 Å². The molecule has 1 unspecified atom stereocenters. The fourth-order valence-corrected chi connectivity index (χ4v) is 2.07. The number of carbonyl (C=O) groups excluding carboxylic acids is 1. The van der Waals surface area contributed by atoms with Crippen LogP contribution in [0.5, 0.6) is 0 Å². The number of nitrogens with zero attached hydrogens (tertiary/aromatic N) is 4. The third-order valence-electron chi connectivity index (χ3n) is 3.19. The largest absolute Gasteiger partial charge is 0.476 e. The molecule has 1 aliphatic rings. The second kappa shape index (κ2) is 8.13. The van der Waals surface area contributed by atoms with Gasteiger partial charge in [0.1, 0.15) is 5.60 Å². The van der Waals surface area contributed by atoms with Crippen LogP contribution in [0.3, 0.4) is 0 Å². The fourth-order valence-electron chi connectivity index (χ4n) is 2.07. The number of hydrogen-bond acceptors (Lipinski definition) is 8. The highest BCUT2D eigenvalue weighted by Gasteiger charge is 2.24. The normalized spacial score (nSPS) is 18.3. The predicted molar refractivity (Wildman–Crippen MR) is 89.7 cm³/mol. The molecule has 1 aromatic rings. The van der Waals surface area contributed by atoms with Gasteiger partial charge in [-0.3, -0.25) is 5.32 Å². The van der Waals surface area contributed by atoms with E-state index in [4.69, 9.17) is 14.3 Å². The van der Waals surface area contributed by atoms with Crippen molar-refractivity contribution in [2.24, 2.45) is 12.2 Å². The molecule has 0 aromatic carbocycles. The van der Waals surface area contributed by atoms with Crippen molar-refractivity contribution in [3.8, 4) is 0 Å². The number of aliphatic carboxylic acids is 1. The number of hydrogen-bond donors (Lipinski definition) is 2. The van der Waals surface area contributed by atoms with Gasteiger partial charge in [-0.2, -0.15) is 4.98 Å². The second-order valence-electron chi connectivity index (χ2n) is 6.66. The number of carboxylic acid groups (broad SMARTS) is 1. The van der Waals surface area contributed by atoms with Crippen LogP contribution in [0, 0.1) is 0 Å². The first kappa shape index (κ1) is 19.6. The Morgan fingerprint density at radius 3 is 2.69 bits per heavy atom. The number of amides is 1. The third kappa shape index (κ3) is 5.69. The van der Waals surface area contributed by atoms with Crippen LogP contribution < -0.4 is 5.32 Å². The van der Waals surface area contributed by atoms with E-state index in [1.54, 1.807) is 20.8 Å². The summed E-state index contributed by atoms with van der Waals surface area (Å²) in [4.78, 5) is 32.4. The van der Waals surface area contributed by atoms with Crippen LogP contribution in [-0.4, -0.2) is 56.1 Å². The number of anilines is 1. The van der Waals surface area contributed by atoms with Crippen molar-refractivity contribution in [2.75, 3.05) is 11.9 Å². The van der Waals surface area contributed by atoms with Gasteiger partial charge in [0, 0.05) is 13.5 Å². The molecule has 144 valence electrons. The van der Waals surface area contributed by atoms with Gasteiger partial charge < -0.3 is 19.4 Å². The van der Waals surface area contributed by atoms with E-state index < -0.39 is 29.7 Å². The molecule has 0 aliphatic carbocycles. The molecule has 1 aromatic heterocycles. The highest BCUT2D eigenvalue weighted by Crippen LogP contribution is 2.15.